The number of halogens is 1. The summed E-state index contributed by atoms with van der Waals surface area (Å²) in [5.41, 5.74) is 2.00. The summed E-state index contributed by atoms with van der Waals surface area (Å²) in [5.74, 6) is 0.804. The average molecular weight is 270 g/mol. The van der Waals surface area contributed by atoms with Crippen molar-refractivity contribution in [2.75, 3.05) is 26.9 Å². The van der Waals surface area contributed by atoms with Crippen LogP contribution in [0.2, 0.25) is 5.02 Å². The third-order valence-electron chi connectivity index (χ3n) is 2.37. The van der Waals surface area contributed by atoms with E-state index in [4.69, 9.17) is 21.1 Å². The minimum atomic E-state index is 0.608. The Labute approximate surface area is 114 Å². The molecule has 0 radical (unpaired) electrons. The van der Waals surface area contributed by atoms with Crippen LogP contribution in [0.1, 0.15) is 12.5 Å². The van der Waals surface area contributed by atoms with Crippen LogP contribution in [0.25, 0.3) is 0 Å². The van der Waals surface area contributed by atoms with Gasteiger partial charge < -0.3 is 14.8 Å². The van der Waals surface area contributed by atoms with E-state index >= 15 is 0 Å². The minimum Gasteiger partial charge on any atom is -0.496 e. The summed E-state index contributed by atoms with van der Waals surface area (Å²) in [6, 6.07) is 5.64. The second kappa shape index (κ2) is 8.14. The van der Waals surface area contributed by atoms with Crippen LogP contribution in [-0.4, -0.2) is 26.9 Å². The smallest absolute Gasteiger partial charge is 0.124 e. The van der Waals surface area contributed by atoms with Crippen LogP contribution in [0.4, 0.5) is 0 Å². The maximum absolute atomic E-state index is 6.13. The fraction of sp³-hybridized carbons (Fsp3) is 0.429. The molecule has 0 heterocycles. The Morgan fingerprint density at radius 3 is 2.89 bits per heavy atom. The van der Waals surface area contributed by atoms with Crippen LogP contribution >= 0.6 is 11.6 Å². The van der Waals surface area contributed by atoms with Crippen LogP contribution in [-0.2, 0) is 11.3 Å². The number of nitrogens with one attached hydrogen (secondary N) is 1. The molecule has 0 saturated heterocycles. The molecule has 1 aromatic rings. The maximum Gasteiger partial charge on any atom is 0.124 e. The highest BCUT2D eigenvalue weighted by atomic mass is 35.5. The lowest BCUT2D eigenvalue weighted by molar-refractivity contribution is 0.157. The van der Waals surface area contributed by atoms with Crippen LogP contribution in [0, 0.1) is 0 Å². The quantitative estimate of drug-likeness (QED) is 0.581. The zero-order chi connectivity index (χ0) is 13.4. The molecular formula is C14H20ClNO2. The minimum absolute atomic E-state index is 0.608. The van der Waals surface area contributed by atoms with Gasteiger partial charge in [-0.15, -0.1) is 0 Å². The van der Waals surface area contributed by atoms with E-state index < -0.39 is 0 Å². The molecule has 0 atom stereocenters. The lowest BCUT2D eigenvalue weighted by Gasteiger charge is -2.11. The molecule has 1 aromatic carbocycles. The summed E-state index contributed by atoms with van der Waals surface area (Å²) in [4.78, 5) is 0. The number of hydrogen-bond donors (Lipinski definition) is 1. The van der Waals surface area contributed by atoms with Gasteiger partial charge in [-0.2, -0.15) is 0 Å². The summed E-state index contributed by atoms with van der Waals surface area (Å²) in [6.07, 6.45) is 0. The molecule has 3 nitrogen and oxygen atoms in total. The molecule has 4 heteroatoms. The summed E-state index contributed by atoms with van der Waals surface area (Å²) < 4.78 is 10.7. The lowest BCUT2D eigenvalue weighted by Crippen LogP contribution is -2.20. The van der Waals surface area contributed by atoms with Crippen LogP contribution in [0.3, 0.4) is 0 Å². The Balaban J connectivity index is 2.33. The van der Waals surface area contributed by atoms with Gasteiger partial charge in [0.2, 0.25) is 0 Å². The van der Waals surface area contributed by atoms with Gasteiger partial charge in [0, 0.05) is 23.7 Å². The Morgan fingerprint density at radius 1 is 1.44 bits per heavy atom. The number of hydrogen-bond acceptors (Lipinski definition) is 3. The zero-order valence-corrected chi connectivity index (χ0v) is 11.7. The normalized spacial score (nSPS) is 10.4. The van der Waals surface area contributed by atoms with Gasteiger partial charge in [0.05, 0.1) is 20.3 Å². The molecule has 0 aliphatic rings. The molecule has 100 valence electrons. The highest BCUT2D eigenvalue weighted by molar-refractivity contribution is 6.31. The van der Waals surface area contributed by atoms with Crippen LogP contribution in [0.15, 0.2) is 30.4 Å². The van der Waals surface area contributed by atoms with Crippen molar-refractivity contribution >= 4 is 11.6 Å². The first kappa shape index (κ1) is 15.0. The third kappa shape index (κ3) is 5.08. The second-order valence-electron chi connectivity index (χ2n) is 4.11. The molecule has 0 fully saturated rings. The molecule has 0 unspecified atom stereocenters. The van der Waals surface area contributed by atoms with Crippen molar-refractivity contribution < 1.29 is 9.47 Å². The van der Waals surface area contributed by atoms with Gasteiger partial charge in [0.15, 0.2) is 0 Å². The Hall–Kier alpha value is -1.03. The number of methoxy groups -OCH3 is 1. The molecule has 1 N–H and O–H groups in total. The molecule has 0 aliphatic heterocycles. The van der Waals surface area contributed by atoms with Crippen molar-refractivity contribution in [3.63, 3.8) is 0 Å². The molecule has 1 rings (SSSR count). The molecular weight excluding hydrogens is 250 g/mol. The fourth-order valence-electron chi connectivity index (χ4n) is 1.51. The Bertz CT molecular complexity index is 393. The number of benzene rings is 1. The monoisotopic (exact) mass is 269 g/mol. The van der Waals surface area contributed by atoms with Gasteiger partial charge in [-0.1, -0.05) is 29.8 Å². The number of ether oxygens (including phenoxy) is 2. The van der Waals surface area contributed by atoms with E-state index in [-0.39, 0.29) is 0 Å². The summed E-state index contributed by atoms with van der Waals surface area (Å²) >= 11 is 6.13. The van der Waals surface area contributed by atoms with E-state index in [1.807, 2.05) is 25.1 Å². The van der Waals surface area contributed by atoms with Gasteiger partial charge in [-0.05, 0) is 19.1 Å². The fourth-order valence-corrected chi connectivity index (χ4v) is 1.74. The van der Waals surface area contributed by atoms with Gasteiger partial charge in [-0.3, -0.25) is 0 Å². The SMILES string of the molecule is C=C(C)COCCNCc1c(Cl)cccc1OC. The van der Waals surface area contributed by atoms with Crippen LogP contribution < -0.4 is 10.1 Å². The van der Waals surface area contributed by atoms with E-state index in [1.165, 1.54) is 0 Å². The van der Waals surface area contributed by atoms with Gasteiger partial charge in [0.25, 0.3) is 0 Å². The van der Waals surface area contributed by atoms with Gasteiger partial charge in [-0.25, -0.2) is 0 Å². The third-order valence-corrected chi connectivity index (χ3v) is 2.72. The highest BCUT2D eigenvalue weighted by Gasteiger charge is 2.06. The first-order chi connectivity index (χ1) is 8.65. The van der Waals surface area contributed by atoms with Crippen molar-refractivity contribution in [2.24, 2.45) is 0 Å². The topological polar surface area (TPSA) is 30.5 Å². The molecule has 0 spiro atoms. The number of rotatable bonds is 8. The predicted molar refractivity (Wildman–Crippen MR) is 75.3 cm³/mol. The standard InChI is InChI=1S/C14H20ClNO2/c1-11(2)10-18-8-7-16-9-12-13(15)5-4-6-14(12)17-3/h4-6,16H,1,7-10H2,2-3H3. The van der Waals surface area contributed by atoms with Crippen molar-refractivity contribution in [1.29, 1.82) is 0 Å². The molecule has 0 amide bonds. The molecule has 18 heavy (non-hydrogen) atoms. The largest absolute Gasteiger partial charge is 0.496 e. The van der Waals surface area contributed by atoms with Gasteiger partial charge in [0.1, 0.15) is 5.75 Å². The van der Waals surface area contributed by atoms with Crippen molar-refractivity contribution in [3.8, 4) is 5.75 Å². The second-order valence-corrected chi connectivity index (χ2v) is 4.51. The van der Waals surface area contributed by atoms with Crippen molar-refractivity contribution in [2.45, 2.75) is 13.5 Å². The first-order valence-electron chi connectivity index (χ1n) is 5.89. The Kier molecular flexibility index (Phi) is 6.80. The van der Waals surface area contributed by atoms with E-state index in [0.717, 1.165) is 23.4 Å². The maximum atomic E-state index is 6.13. The van der Waals surface area contributed by atoms with Gasteiger partial charge >= 0.3 is 0 Å². The average Bonchev–Trinajstić information content (AvgIpc) is 2.34. The molecule has 0 aliphatic carbocycles. The lowest BCUT2D eigenvalue weighted by atomic mass is 10.2. The highest BCUT2D eigenvalue weighted by Crippen LogP contribution is 2.25. The van der Waals surface area contributed by atoms with Crippen molar-refractivity contribution in [1.82, 2.24) is 5.32 Å². The van der Waals surface area contributed by atoms with Crippen molar-refractivity contribution in [3.05, 3.63) is 40.9 Å². The summed E-state index contributed by atoms with van der Waals surface area (Å²) in [5, 5.41) is 3.98. The zero-order valence-electron chi connectivity index (χ0n) is 11.0. The molecule has 0 bridgehead atoms. The summed E-state index contributed by atoms with van der Waals surface area (Å²) in [7, 11) is 1.64. The summed E-state index contributed by atoms with van der Waals surface area (Å²) in [6.45, 7) is 8.41. The van der Waals surface area contributed by atoms with E-state index in [0.29, 0.717) is 24.8 Å². The van der Waals surface area contributed by atoms with E-state index in [9.17, 15) is 0 Å². The molecule has 0 aromatic heterocycles. The van der Waals surface area contributed by atoms with E-state index in [1.54, 1.807) is 7.11 Å². The molecule has 0 saturated carbocycles. The van der Waals surface area contributed by atoms with E-state index in [2.05, 4.69) is 11.9 Å². The predicted octanol–water partition coefficient (Wildman–Crippen LogP) is 3.03. The first-order valence-corrected chi connectivity index (χ1v) is 6.27. The van der Waals surface area contributed by atoms with Crippen LogP contribution in [0.5, 0.6) is 5.75 Å². The Morgan fingerprint density at radius 2 is 2.22 bits per heavy atom.